The van der Waals surface area contributed by atoms with Gasteiger partial charge in [0.2, 0.25) is 5.91 Å². The molecule has 0 bridgehead atoms. The minimum absolute atomic E-state index is 0.0482. The normalized spacial score (nSPS) is 13.1. The van der Waals surface area contributed by atoms with E-state index in [9.17, 15) is 24.5 Å². The van der Waals surface area contributed by atoms with E-state index in [1.807, 2.05) is 17.5 Å². The second-order valence-electron chi connectivity index (χ2n) is 5.48. The maximum atomic E-state index is 12.4. The smallest absolute Gasteiger partial charge is 0.282 e. The summed E-state index contributed by atoms with van der Waals surface area (Å²) >= 11 is 1.49. The Balaban J connectivity index is 1.79. The lowest BCUT2D eigenvalue weighted by Gasteiger charge is -2.20. The first-order valence-electron chi connectivity index (χ1n) is 7.30. The average molecular weight is 359 g/mol. The van der Waals surface area contributed by atoms with Crippen molar-refractivity contribution in [2.24, 2.45) is 0 Å². The fourth-order valence-electron chi connectivity index (χ4n) is 2.59. The summed E-state index contributed by atoms with van der Waals surface area (Å²) in [6.07, 6.45) is 0. The van der Waals surface area contributed by atoms with Crippen molar-refractivity contribution in [3.63, 3.8) is 0 Å². The van der Waals surface area contributed by atoms with Crippen molar-refractivity contribution in [2.75, 3.05) is 13.6 Å². The molecule has 3 amide bonds. The van der Waals surface area contributed by atoms with Crippen LogP contribution in [0.5, 0.6) is 0 Å². The van der Waals surface area contributed by atoms with Gasteiger partial charge in [0.1, 0.15) is 12.1 Å². The van der Waals surface area contributed by atoms with Gasteiger partial charge in [-0.2, -0.15) is 0 Å². The Morgan fingerprint density at radius 2 is 2.00 bits per heavy atom. The van der Waals surface area contributed by atoms with Crippen LogP contribution in [0.2, 0.25) is 0 Å². The van der Waals surface area contributed by atoms with E-state index in [4.69, 9.17) is 0 Å². The highest BCUT2D eigenvalue weighted by molar-refractivity contribution is 7.09. The van der Waals surface area contributed by atoms with Crippen molar-refractivity contribution in [2.45, 2.75) is 6.54 Å². The molecular weight excluding hydrogens is 346 g/mol. The second kappa shape index (κ2) is 6.44. The molecule has 0 atom stereocenters. The molecule has 0 unspecified atom stereocenters. The number of fused-ring (bicyclic) bond motifs is 1. The summed E-state index contributed by atoms with van der Waals surface area (Å²) in [6, 6.07) is 7.60. The summed E-state index contributed by atoms with van der Waals surface area (Å²) < 4.78 is 0. The first-order valence-corrected chi connectivity index (χ1v) is 8.18. The second-order valence-corrected chi connectivity index (χ2v) is 6.51. The number of carbonyl (C=O) groups excluding carboxylic acids is 3. The summed E-state index contributed by atoms with van der Waals surface area (Å²) in [6.45, 7) is -0.0921. The van der Waals surface area contributed by atoms with Crippen LogP contribution in [0.4, 0.5) is 5.69 Å². The number of carbonyl (C=O) groups is 3. The Morgan fingerprint density at radius 3 is 2.64 bits per heavy atom. The number of amides is 3. The van der Waals surface area contributed by atoms with E-state index in [0.29, 0.717) is 6.54 Å². The number of nitrogens with zero attached hydrogens (tertiary/aromatic N) is 3. The highest BCUT2D eigenvalue weighted by Gasteiger charge is 2.41. The van der Waals surface area contributed by atoms with E-state index in [0.717, 1.165) is 15.8 Å². The zero-order valence-electron chi connectivity index (χ0n) is 13.2. The topological polar surface area (TPSA) is 101 Å². The maximum absolute atomic E-state index is 12.4. The third kappa shape index (κ3) is 3.01. The van der Waals surface area contributed by atoms with Gasteiger partial charge >= 0.3 is 0 Å². The van der Waals surface area contributed by atoms with E-state index in [-0.39, 0.29) is 11.1 Å². The van der Waals surface area contributed by atoms with Crippen molar-refractivity contribution in [1.29, 1.82) is 0 Å². The molecule has 0 saturated heterocycles. The first-order chi connectivity index (χ1) is 11.9. The first kappa shape index (κ1) is 16.8. The summed E-state index contributed by atoms with van der Waals surface area (Å²) in [5, 5.41) is 13.0. The number of nitro groups is 1. The molecule has 128 valence electrons. The van der Waals surface area contributed by atoms with Crippen LogP contribution in [0, 0.1) is 10.1 Å². The number of hydrogen-bond acceptors (Lipinski definition) is 6. The monoisotopic (exact) mass is 359 g/mol. The molecule has 1 aromatic carbocycles. The highest BCUT2D eigenvalue weighted by Crippen LogP contribution is 2.30. The zero-order chi connectivity index (χ0) is 18.1. The summed E-state index contributed by atoms with van der Waals surface area (Å²) in [5.74, 6) is -1.93. The third-order valence-electron chi connectivity index (χ3n) is 3.87. The molecule has 0 fully saturated rings. The molecule has 9 heteroatoms. The summed E-state index contributed by atoms with van der Waals surface area (Å²) in [7, 11) is 1.57. The van der Waals surface area contributed by atoms with E-state index >= 15 is 0 Å². The molecule has 1 aliphatic heterocycles. The fraction of sp³-hybridized carbons (Fsp3) is 0.188. The molecule has 2 heterocycles. The molecule has 1 aromatic heterocycles. The van der Waals surface area contributed by atoms with Crippen molar-refractivity contribution < 1.29 is 19.3 Å². The van der Waals surface area contributed by atoms with Gasteiger partial charge in [0.05, 0.1) is 17.0 Å². The highest BCUT2D eigenvalue weighted by atomic mass is 32.1. The van der Waals surface area contributed by atoms with Crippen LogP contribution in [-0.4, -0.2) is 46.0 Å². The quantitative estimate of drug-likeness (QED) is 0.461. The van der Waals surface area contributed by atoms with Gasteiger partial charge in [-0.15, -0.1) is 11.3 Å². The predicted octanol–water partition coefficient (Wildman–Crippen LogP) is 1.91. The van der Waals surface area contributed by atoms with Crippen molar-refractivity contribution >= 4 is 34.7 Å². The number of hydrogen-bond donors (Lipinski definition) is 0. The van der Waals surface area contributed by atoms with Gasteiger partial charge in [-0.05, 0) is 17.5 Å². The molecular formula is C16H13N3O5S. The molecule has 8 nitrogen and oxygen atoms in total. The largest absolute Gasteiger partial charge is 0.339 e. The van der Waals surface area contributed by atoms with Gasteiger partial charge in [-0.3, -0.25) is 29.4 Å². The van der Waals surface area contributed by atoms with E-state index in [1.165, 1.54) is 28.4 Å². The minimum Gasteiger partial charge on any atom is -0.339 e. The Kier molecular flexibility index (Phi) is 4.32. The number of thiophene rings is 1. The minimum atomic E-state index is -0.815. The summed E-state index contributed by atoms with van der Waals surface area (Å²) in [5.41, 5.74) is -0.739. The lowest BCUT2D eigenvalue weighted by Crippen LogP contribution is -2.40. The van der Waals surface area contributed by atoms with Crippen LogP contribution < -0.4 is 0 Å². The van der Waals surface area contributed by atoms with Crippen molar-refractivity contribution in [3.8, 4) is 0 Å². The molecule has 2 aromatic rings. The number of rotatable bonds is 5. The van der Waals surface area contributed by atoms with Gasteiger partial charge < -0.3 is 4.90 Å². The van der Waals surface area contributed by atoms with Crippen LogP contribution in [0.1, 0.15) is 25.6 Å². The number of benzene rings is 1. The molecule has 25 heavy (non-hydrogen) atoms. The van der Waals surface area contributed by atoms with Gasteiger partial charge in [0, 0.05) is 18.0 Å². The summed E-state index contributed by atoms with van der Waals surface area (Å²) in [4.78, 5) is 50.6. The SMILES string of the molecule is CN(Cc1cccs1)C(=O)CN1C(=O)c2cccc([N+](=O)[O-])c2C1=O. The van der Waals surface area contributed by atoms with Gasteiger partial charge in [0.15, 0.2) is 0 Å². The molecule has 0 aliphatic carbocycles. The van der Waals surface area contributed by atoms with Gasteiger partial charge in [0.25, 0.3) is 17.5 Å². The zero-order valence-corrected chi connectivity index (χ0v) is 14.0. The van der Waals surface area contributed by atoms with Crippen LogP contribution >= 0.6 is 11.3 Å². The van der Waals surface area contributed by atoms with Crippen LogP contribution in [0.3, 0.4) is 0 Å². The standard InChI is InChI=1S/C16H13N3O5S/c1-17(8-10-4-3-7-25-10)13(20)9-18-15(21)11-5-2-6-12(19(23)24)14(11)16(18)22/h2-7H,8-9H2,1H3. The van der Waals surface area contributed by atoms with Gasteiger partial charge in [-0.25, -0.2) is 0 Å². The Morgan fingerprint density at radius 1 is 1.24 bits per heavy atom. The molecule has 0 spiro atoms. The lowest BCUT2D eigenvalue weighted by molar-refractivity contribution is -0.385. The van der Waals surface area contributed by atoms with Crippen molar-refractivity contribution in [1.82, 2.24) is 9.80 Å². The fourth-order valence-corrected chi connectivity index (χ4v) is 3.35. The number of imide groups is 1. The molecule has 0 saturated carbocycles. The Labute approximate surface area is 146 Å². The molecule has 0 N–H and O–H groups in total. The van der Waals surface area contributed by atoms with Gasteiger partial charge in [-0.1, -0.05) is 12.1 Å². The van der Waals surface area contributed by atoms with E-state index < -0.39 is 34.9 Å². The molecule has 3 rings (SSSR count). The van der Waals surface area contributed by atoms with Crippen LogP contribution in [0.25, 0.3) is 0 Å². The van der Waals surface area contributed by atoms with E-state index in [2.05, 4.69) is 0 Å². The average Bonchev–Trinajstić information content (AvgIpc) is 3.17. The molecule has 0 radical (unpaired) electrons. The lowest BCUT2D eigenvalue weighted by atomic mass is 10.1. The Bertz CT molecular complexity index is 878. The predicted molar refractivity (Wildman–Crippen MR) is 89.3 cm³/mol. The maximum Gasteiger partial charge on any atom is 0.282 e. The Hall–Kier alpha value is -3.07. The van der Waals surface area contributed by atoms with E-state index in [1.54, 1.807) is 7.05 Å². The third-order valence-corrected chi connectivity index (χ3v) is 4.73. The number of likely N-dealkylation sites (N-methyl/N-ethyl adjacent to an activating group) is 1. The number of nitro benzene ring substituents is 1. The molecule has 1 aliphatic rings. The van der Waals surface area contributed by atoms with Crippen molar-refractivity contribution in [3.05, 3.63) is 61.8 Å². The van der Waals surface area contributed by atoms with Crippen LogP contribution in [0.15, 0.2) is 35.7 Å². The van der Waals surface area contributed by atoms with Crippen LogP contribution in [-0.2, 0) is 11.3 Å².